The van der Waals surface area contributed by atoms with Crippen LogP contribution in [0.3, 0.4) is 0 Å². The highest BCUT2D eigenvalue weighted by Crippen LogP contribution is 2.23. The van der Waals surface area contributed by atoms with E-state index in [1.54, 1.807) is 0 Å². The van der Waals surface area contributed by atoms with Crippen molar-refractivity contribution in [3.8, 4) is 0 Å². The minimum absolute atomic E-state index is 0.611. The van der Waals surface area contributed by atoms with Crippen molar-refractivity contribution in [1.29, 1.82) is 0 Å². The molecule has 0 spiro atoms. The molecule has 1 fully saturated rings. The molecule has 1 aliphatic rings. The van der Waals surface area contributed by atoms with Crippen LogP contribution < -0.4 is 5.32 Å². The number of ether oxygens (including phenoxy) is 2. The van der Waals surface area contributed by atoms with Crippen LogP contribution in [0, 0.1) is 11.8 Å². The summed E-state index contributed by atoms with van der Waals surface area (Å²) in [6, 6.07) is 0.708. The highest BCUT2D eigenvalue weighted by Gasteiger charge is 2.19. The first kappa shape index (κ1) is 15.9. The third-order valence-corrected chi connectivity index (χ3v) is 3.59. The smallest absolute Gasteiger partial charge is 0.0701 e. The number of nitrogens with one attached hydrogen (secondary N) is 1. The van der Waals surface area contributed by atoms with Crippen LogP contribution in [0.25, 0.3) is 0 Å². The highest BCUT2D eigenvalue weighted by atomic mass is 16.5. The fourth-order valence-corrected chi connectivity index (χ4v) is 2.47. The van der Waals surface area contributed by atoms with Crippen molar-refractivity contribution >= 4 is 0 Å². The lowest BCUT2D eigenvalue weighted by atomic mass is 9.86. The zero-order valence-corrected chi connectivity index (χ0v) is 12.4. The summed E-state index contributed by atoms with van der Waals surface area (Å²) in [6.45, 7) is 10.7. The molecule has 3 nitrogen and oxygen atoms in total. The first-order valence-corrected chi connectivity index (χ1v) is 7.59. The molecule has 3 heteroatoms. The molecule has 0 saturated heterocycles. The van der Waals surface area contributed by atoms with E-state index in [1.807, 2.05) is 0 Å². The Kier molecular flexibility index (Phi) is 8.64. The van der Waals surface area contributed by atoms with Gasteiger partial charge in [-0.25, -0.2) is 0 Å². The van der Waals surface area contributed by atoms with E-state index >= 15 is 0 Å². The Morgan fingerprint density at radius 1 is 1.06 bits per heavy atom. The van der Waals surface area contributed by atoms with E-state index in [2.05, 4.69) is 26.1 Å². The lowest BCUT2D eigenvalue weighted by Crippen LogP contribution is -2.39. The van der Waals surface area contributed by atoms with Crippen LogP contribution in [-0.2, 0) is 9.47 Å². The molecule has 18 heavy (non-hydrogen) atoms. The lowest BCUT2D eigenvalue weighted by molar-refractivity contribution is 0.0375. The first-order chi connectivity index (χ1) is 8.70. The fourth-order valence-electron chi connectivity index (χ4n) is 2.47. The van der Waals surface area contributed by atoms with E-state index in [-0.39, 0.29) is 0 Å². The molecule has 2 unspecified atom stereocenters. The van der Waals surface area contributed by atoms with Gasteiger partial charge in [0.25, 0.3) is 0 Å². The molecule has 0 heterocycles. The monoisotopic (exact) mass is 257 g/mol. The molecule has 0 bridgehead atoms. The maximum absolute atomic E-state index is 5.55. The topological polar surface area (TPSA) is 30.5 Å². The third kappa shape index (κ3) is 7.34. The second-order valence-corrected chi connectivity index (χ2v) is 5.90. The molecule has 1 saturated carbocycles. The van der Waals surface area contributed by atoms with Crippen LogP contribution in [-0.4, -0.2) is 39.0 Å². The Morgan fingerprint density at radius 2 is 1.78 bits per heavy atom. The van der Waals surface area contributed by atoms with Gasteiger partial charge < -0.3 is 14.8 Å². The van der Waals surface area contributed by atoms with Crippen LogP contribution in [0.4, 0.5) is 0 Å². The molecule has 0 aromatic heterocycles. The summed E-state index contributed by atoms with van der Waals surface area (Å²) < 4.78 is 11.0. The van der Waals surface area contributed by atoms with Crippen molar-refractivity contribution in [1.82, 2.24) is 5.32 Å². The van der Waals surface area contributed by atoms with Crippen molar-refractivity contribution in [2.45, 2.75) is 52.5 Å². The standard InChI is InChI=1S/C15H31NO2/c1-13(2)12-18-11-10-17-9-8-16-15-7-5-4-6-14(15)3/h13-16H,4-12H2,1-3H3. The Hall–Kier alpha value is -0.120. The van der Waals surface area contributed by atoms with Gasteiger partial charge in [0.15, 0.2) is 0 Å². The van der Waals surface area contributed by atoms with Crippen LogP contribution in [0.2, 0.25) is 0 Å². The van der Waals surface area contributed by atoms with Gasteiger partial charge >= 0.3 is 0 Å². The Morgan fingerprint density at radius 3 is 2.50 bits per heavy atom. The normalized spacial score (nSPS) is 24.7. The molecule has 0 aromatic rings. The minimum Gasteiger partial charge on any atom is -0.379 e. The molecule has 1 rings (SSSR count). The Balaban J connectivity index is 1.86. The largest absolute Gasteiger partial charge is 0.379 e. The maximum Gasteiger partial charge on any atom is 0.0701 e. The molecule has 1 N–H and O–H groups in total. The van der Waals surface area contributed by atoms with Gasteiger partial charge in [-0.3, -0.25) is 0 Å². The second kappa shape index (κ2) is 9.76. The summed E-state index contributed by atoms with van der Waals surface area (Å²) in [5.41, 5.74) is 0. The van der Waals surface area contributed by atoms with Gasteiger partial charge in [0.1, 0.15) is 0 Å². The molecule has 0 aromatic carbocycles. The molecule has 108 valence electrons. The summed E-state index contributed by atoms with van der Waals surface area (Å²) in [4.78, 5) is 0. The lowest BCUT2D eigenvalue weighted by Gasteiger charge is -2.29. The molecular weight excluding hydrogens is 226 g/mol. The van der Waals surface area contributed by atoms with Crippen LogP contribution in [0.1, 0.15) is 46.5 Å². The van der Waals surface area contributed by atoms with Crippen molar-refractivity contribution < 1.29 is 9.47 Å². The van der Waals surface area contributed by atoms with Crippen molar-refractivity contribution in [3.05, 3.63) is 0 Å². The summed E-state index contributed by atoms with van der Waals surface area (Å²) in [7, 11) is 0. The van der Waals surface area contributed by atoms with E-state index in [0.29, 0.717) is 18.6 Å². The Labute approximate surface area is 113 Å². The van der Waals surface area contributed by atoms with Gasteiger partial charge in [0, 0.05) is 19.2 Å². The SMILES string of the molecule is CC(C)COCCOCCNC1CCCCC1C. The highest BCUT2D eigenvalue weighted by molar-refractivity contribution is 4.77. The van der Waals surface area contributed by atoms with Gasteiger partial charge in [-0.05, 0) is 24.7 Å². The molecule has 2 atom stereocenters. The van der Waals surface area contributed by atoms with E-state index in [0.717, 1.165) is 32.3 Å². The fraction of sp³-hybridized carbons (Fsp3) is 1.00. The van der Waals surface area contributed by atoms with Crippen molar-refractivity contribution in [3.63, 3.8) is 0 Å². The number of hydrogen-bond acceptors (Lipinski definition) is 3. The van der Waals surface area contributed by atoms with Crippen LogP contribution in [0.5, 0.6) is 0 Å². The summed E-state index contributed by atoms with van der Waals surface area (Å²) in [6.07, 6.45) is 5.50. The third-order valence-electron chi connectivity index (χ3n) is 3.59. The minimum atomic E-state index is 0.611. The van der Waals surface area contributed by atoms with E-state index in [1.165, 1.54) is 25.7 Å². The second-order valence-electron chi connectivity index (χ2n) is 5.90. The quantitative estimate of drug-likeness (QED) is 0.644. The average molecular weight is 257 g/mol. The van der Waals surface area contributed by atoms with E-state index in [9.17, 15) is 0 Å². The molecule has 0 amide bonds. The zero-order valence-electron chi connectivity index (χ0n) is 12.4. The molecule has 0 radical (unpaired) electrons. The van der Waals surface area contributed by atoms with Gasteiger partial charge in [0.05, 0.1) is 19.8 Å². The van der Waals surface area contributed by atoms with Crippen LogP contribution in [0.15, 0.2) is 0 Å². The molecular formula is C15H31NO2. The van der Waals surface area contributed by atoms with Gasteiger partial charge in [0.2, 0.25) is 0 Å². The predicted molar refractivity (Wildman–Crippen MR) is 75.9 cm³/mol. The van der Waals surface area contributed by atoms with E-state index < -0.39 is 0 Å². The van der Waals surface area contributed by atoms with Gasteiger partial charge in [-0.2, -0.15) is 0 Å². The van der Waals surface area contributed by atoms with Crippen molar-refractivity contribution in [2.24, 2.45) is 11.8 Å². The predicted octanol–water partition coefficient (Wildman–Crippen LogP) is 2.84. The molecule has 1 aliphatic carbocycles. The van der Waals surface area contributed by atoms with Crippen LogP contribution >= 0.6 is 0 Å². The van der Waals surface area contributed by atoms with Crippen molar-refractivity contribution in [2.75, 3.05) is 33.0 Å². The van der Waals surface area contributed by atoms with E-state index in [4.69, 9.17) is 9.47 Å². The Bertz CT molecular complexity index is 197. The maximum atomic E-state index is 5.55. The number of rotatable bonds is 9. The summed E-state index contributed by atoms with van der Waals surface area (Å²) >= 11 is 0. The average Bonchev–Trinajstić information content (AvgIpc) is 2.34. The zero-order chi connectivity index (χ0) is 13.2. The first-order valence-electron chi connectivity index (χ1n) is 7.59. The summed E-state index contributed by atoms with van der Waals surface area (Å²) in [5, 5.41) is 3.61. The van der Waals surface area contributed by atoms with Gasteiger partial charge in [-0.15, -0.1) is 0 Å². The number of hydrogen-bond donors (Lipinski definition) is 1. The molecule has 0 aliphatic heterocycles. The van der Waals surface area contributed by atoms with Gasteiger partial charge in [-0.1, -0.05) is 33.6 Å². The summed E-state index contributed by atoms with van der Waals surface area (Å²) in [5.74, 6) is 1.44.